The first-order valence-corrected chi connectivity index (χ1v) is 5.26. The summed E-state index contributed by atoms with van der Waals surface area (Å²) < 4.78 is 1.73. The van der Waals surface area contributed by atoms with E-state index in [1.165, 1.54) is 0 Å². The van der Waals surface area contributed by atoms with Crippen molar-refractivity contribution in [1.82, 2.24) is 14.9 Å². The molecule has 1 aromatic carbocycles. The van der Waals surface area contributed by atoms with Crippen LogP contribution in [0.5, 0.6) is 0 Å². The molecule has 0 unspecified atom stereocenters. The second-order valence-corrected chi connectivity index (χ2v) is 3.85. The van der Waals surface area contributed by atoms with E-state index >= 15 is 0 Å². The van der Waals surface area contributed by atoms with E-state index in [-0.39, 0.29) is 5.91 Å². The molecule has 0 aliphatic heterocycles. The van der Waals surface area contributed by atoms with E-state index in [1.807, 2.05) is 31.3 Å². The topological polar surface area (TPSA) is 72.9 Å². The van der Waals surface area contributed by atoms with E-state index in [1.54, 1.807) is 17.1 Å². The summed E-state index contributed by atoms with van der Waals surface area (Å²) in [5, 5.41) is 2.79. The summed E-state index contributed by atoms with van der Waals surface area (Å²) in [6, 6.07) is 7.41. The second kappa shape index (κ2) is 4.69. The molecule has 2 aromatic rings. The average Bonchev–Trinajstić information content (AvgIpc) is 2.73. The number of benzene rings is 1. The molecule has 0 saturated carbocycles. The third-order valence-corrected chi connectivity index (χ3v) is 2.34. The number of carbonyl (C=O) groups is 1. The number of nitrogens with one attached hydrogen (secondary N) is 1. The van der Waals surface area contributed by atoms with E-state index in [9.17, 15) is 4.79 Å². The van der Waals surface area contributed by atoms with Crippen LogP contribution < -0.4 is 11.1 Å². The molecule has 0 spiro atoms. The zero-order chi connectivity index (χ0) is 12.3. The highest BCUT2D eigenvalue weighted by Crippen LogP contribution is 2.06. The number of hydrogen-bond acceptors (Lipinski definition) is 3. The lowest BCUT2D eigenvalue weighted by Gasteiger charge is -2.04. The molecule has 0 radical (unpaired) electrons. The van der Waals surface area contributed by atoms with Crippen molar-refractivity contribution in [3.8, 4) is 0 Å². The summed E-state index contributed by atoms with van der Waals surface area (Å²) in [6.07, 6.45) is 3.27. The van der Waals surface area contributed by atoms with E-state index in [2.05, 4.69) is 10.3 Å². The number of aryl methyl sites for hydroxylation is 1. The minimum absolute atomic E-state index is 0.187. The fourth-order valence-electron chi connectivity index (χ4n) is 1.51. The first-order valence-electron chi connectivity index (χ1n) is 5.26. The highest BCUT2D eigenvalue weighted by molar-refractivity contribution is 5.91. The van der Waals surface area contributed by atoms with E-state index < -0.39 is 0 Å². The number of imidazole rings is 1. The Balaban J connectivity index is 1.97. The maximum absolute atomic E-state index is 11.7. The van der Waals surface area contributed by atoms with Crippen molar-refractivity contribution in [3.63, 3.8) is 0 Å². The molecule has 0 atom stereocenters. The standard InChI is InChI=1S/C12H14N4O/c1-16-7-11(15-8-16)12(17)14-6-9-3-2-4-10(13)5-9/h2-5,7-8H,6,13H2,1H3,(H,14,17). The third kappa shape index (κ3) is 2.84. The van der Waals surface area contributed by atoms with Crippen LogP contribution in [0, 0.1) is 0 Å². The predicted molar refractivity (Wildman–Crippen MR) is 65.2 cm³/mol. The number of nitrogens with two attached hydrogens (primary N) is 1. The Morgan fingerprint density at radius 1 is 1.53 bits per heavy atom. The molecule has 1 heterocycles. The molecule has 3 N–H and O–H groups in total. The van der Waals surface area contributed by atoms with Crippen LogP contribution in [0.2, 0.25) is 0 Å². The summed E-state index contributed by atoms with van der Waals surface area (Å²) >= 11 is 0. The maximum Gasteiger partial charge on any atom is 0.271 e. The first kappa shape index (κ1) is 11.2. The summed E-state index contributed by atoms with van der Waals surface area (Å²) in [6.45, 7) is 0.445. The van der Waals surface area contributed by atoms with Gasteiger partial charge in [0.1, 0.15) is 5.69 Å². The Kier molecular flexibility index (Phi) is 3.09. The summed E-state index contributed by atoms with van der Waals surface area (Å²) in [7, 11) is 1.82. The largest absolute Gasteiger partial charge is 0.399 e. The van der Waals surface area contributed by atoms with Gasteiger partial charge in [-0.15, -0.1) is 0 Å². The molecule has 2 rings (SSSR count). The van der Waals surface area contributed by atoms with Crippen molar-refractivity contribution in [2.75, 3.05) is 5.73 Å². The number of amides is 1. The Morgan fingerprint density at radius 2 is 2.35 bits per heavy atom. The quantitative estimate of drug-likeness (QED) is 0.770. The first-order chi connectivity index (χ1) is 8.15. The molecule has 17 heavy (non-hydrogen) atoms. The van der Waals surface area contributed by atoms with Crippen LogP contribution in [-0.4, -0.2) is 15.5 Å². The molecule has 0 aliphatic carbocycles. The van der Waals surface area contributed by atoms with Crippen molar-refractivity contribution in [3.05, 3.63) is 48.0 Å². The van der Waals surface area contributed by atoms with Crippen LogP contribution in [0.1, 0.15) is 16.1 Å². The number of rotatable bonds is 3. The lowest BCUT2D eigenvalue weighted by molar-refractivity contribution is 0.0946. The molecule has 5 heteroatoms. The molecule has 0 aliphatic rings. The zero-order valence-electron chi connectivity index (χ0n) is 9.55. The van der Waals surface area contributed by atoms with Gasteiger partial charge in [-0.25, -0.2) is 4.98 Å². The zero-order valence-corrected chi connectivity index (χ0v) is 9.55. The highest BCUT2D eigenvalue weighted by atomic mass is 16.1. The number of aromatic nitrogens is 2. The Bertz CT molecular complexity index is 533. The monoisotopic (exact) mass is 230 g/mol. The third-order valence-electron chi connectivity index (χ3n) is 2.34. The lowest BCUT2D eigenvalue weighted by Crippen LogP contribution is -2.23. The molecule has 0 saturated heterocycles. The normalized spacial score (nSPS) is 10.2. The number of hydrogen-bond donors (Lipinski definition) is 2. The molecular weight excluding hydrogens is 216 g/mol. The molecule has 0 fully saturated rings. The minimum atomic E-state index is -0.187. The fourth-order valence-corrected chi connectivity index (χ4v) is 1.51. The predicted octanol–water partition coefficient (Wildman–Crippen LogP) is 0.932. The summed E-state index contributed by atoms with van der Waals surface area (Å²) in [5.74, 6) is -0.187. The van der Waals surface area contributed by atoms with Crippen molar-refractivity contribution in [1.29, 1.82) is 0 Å². The van der Waals surface area contributed by atoms with Crippen LogP contribution >= 0.6 is 0 Å². The SMILES string of the molecule is Cn1cnc(C(=O)NCc2cccc(N)c2)c1. The van der Waals surface area contributed by atoms with Crippen molar-refractivity contribution in [2.45, 2.75) is 6.54 Å². The van der Waals surface area contributed by atoms with Gasteiger partial charge in [-0.2, -0.15) is 0 Å². The fraction of sp³-hybridized carbons (Fsp3) is 0.167. The number of carbonyl (C=O) groups excluding carboxylic acids is 1. The molecule has 0 bridgehead atoms. The Hall–Kier alpha value is -2.30. The van der Waals surface area contributed by atoms with Gasteiger partial charge < -0.3 is 15.6 Å². The molecular formula is C12H14N4O. The summed E-state index contributed by atoms with van der Waals surface area (Å²) in [4.78, 5) is 15.7. The molecule has 5 nitrogen and oxygen atoms in total. The van der Waals surface area contributed by atoms with Crippen LogP contribution in [0.3, 0.4) is 0 Å². The highest BCUT2D eigenvalue weighted by Gasteiger charge is 2.07. The van der Waals surface area contributed by atoms with Gasteiger partial charge in [0.15, 0.2) is 0 Å². The van der Waals surface area contributed by atoms with Crippen LogP contribution in [0.25, 0.3) is 0 Å². The lowest BCUT2D eigenvalue weighted by atomic mass is 10.2. The molecule has 88 valence electrons. The summed E-state index contributed by atoms with van der Waals surface area (Å²) in [5.41, 5.74) is 7.72. The van der Waals surface area contributed by atoms with Gasteiger partial charge in [0.05, 0.1) is 6.33 Å². The van der Waals surface area contributed by atoms with Crippen LogP contribution in [0.15, 0.2) is 36.8 Å². The molecule has 1 aromatic heterocycles. The van der Waals surface area contributed by atoms with Gasteiger partial charge in [-0.3, -0.25) is 4.79 Å². The van der Waals surface area contributed by atoms with Crippen molar-refractivity contribution in [2.24, 2.45) is 7.05 Å². The average molecular weight is 230 g/mol. The second-order valence-electron chi connectivity index (χ2n) is 3.85. The Labute approximate surface area is 99.3 Å². The number of nitrogen functional groups attached to an aromatic ring is 1. The Morgan fingerprint density at radius 3 is 3.00 bits per heavy atom. The smallest absolute Gasteiger partial charge is 0.271 e. The van der Waals surface area contributed by atoms with Gasteiger partial charge in [0.2, 0.25) is 0 Å². The van der Waals surface area contributed by atoms with Gasteiger partial charge in [0, 0.05) is 25.5 Å². The number of nitrogens with zero attached hydrogens (tertiary/aromatic N) is 2. The van der Waals surface area contributed by atoms with Crippen molar-refractivity contribution < 1.29 is 4.79 Å². The van der Waals surface area contributed by atoms with E-state index in [0.717, 1.165) is 5.56 Å². The van der Waals surface area contributed by atoms with Gasteiger partial charge in [-0.05, 0) is 17.7 Å². The molecule has 1 amide bonds. The van der Waals surface area contributed by atoms with Gasteiger partial charge in [0.25, 0.3) is 5.91 Å². The van der Waals surface area contributed by atoms with Gasteiger partial charge in [-0.1, -0.05) is 12.1 Å². The van der Waals surface area contributed by atoms with Crippen LogP contribution in [0.4, 0.5) is 5.69 Å². The van der Waals surface area contributed by atoms with Gasteiger partial charge >= 0.3 is 0 Å². The van der Waals surface area contributed by atoms with Crippen LogP contribution in [-0.2, 0) is 13.6 Å². The minimum Gasteiger partial charge on any atom is -0.399 e. The maximum atomic E-state index is 11.7. The van der Waals surface area contributed by atoms with E-state index in [4.69, 9.17) is 5.73 Å². The van der Waals surface area contributed by atoms with E-state index in [0.29, 0.717) is 17.9 Å². The van der Waals surface area contributed by atoms with Crippen molar-refractivity contribution >= 4 is 11.6 Å². The number of anilines is 1.